The lowest BCUT2D eigenvalue weighted by Crippen LogP contribution is -2.51. The Kier molecular flexibility index (Phi) is 16.5. The fourth-order valence-electron chi connectivity index (χ4n) is 8.56. The zero-order valence-electron chi connectivity index (χ0n) is 39.0. The van der Waals surface area contributed by atoms with Crippen LogP contribution < -0.4 is 14.2 Å². The number of halogens is 2. The molecular formula is C53H64Cl2N2O9. The summed E-state index contributed by atoms with van der Waals surface area (Å²) in [5.74, 6) is 0.950. The molecule has 0 bridgehead atoms. The maximum Gasteiger partial charge on any atom is 0.410 e. The van der Waals surface area contributed by atoms with Crippen LogP contribution in [0.3, 0.4) is 0 Å². The van der Waals surface area contributed by atoms with Crippen LogP contribution in [-0.2, 0) is 43.4 Å². The molecule has 1 aliphatic heterocycles. The minimum atomic E-state index is -0.675. The molecule has 2 atom stereocenters. The van der Waals surface area contributed by atoms with E-state index in [9.17, 15) is 9.59 Å². The average molecular weight is 944 g/mol. The van der Waals surface area contributed by atoms with Crippen LogP contribution in [0.1, 0.15) is 99.5 Å². The third-order valence-corrected chi connectivity index (χ3v) is 12.9. The first kappa shape index (κ1) is 48.9. The van der Waals surface area contributed by atoms with Crippen LogP contribution in [0.4, 0.5) is 4.79 Å². The van der Waals surface area contributed by atoms with Crippen molar-refractivity contribution < 1.29 is 42.8 Å². The number of amides is 2. The summed E-state index contributed by atoms with van der Waals surface area (Å²) in [4.78, 5) is 45.3. The average Bonchev–Trinajstić information content (AvgIpc) is 4.24. The Hall–Kier alpha value is -4.97. The van der Waals surface area contributed by atoms with Gasteiger partial charge in [0.2, 0.25) is 5.91 Å². The quantitative estimate of drug-likeness (QED) is 0.0595. The summed E-state index contributed by atoms with van der Waals surface area (Å²) in [6.07, 6.45) is 5.71. The van der Waals surface area contributed by atoms with E-state index in [1.807, 2.05) is 93.3 Å². The van der Waals surface area contributed by atoms with Gasteiger partial charge < -0.3 is 38.2 Å². The van der Waals surface area contributed by atoms with Gasteiger partial charge in [0.15, 0.2) is 5.75 Å². The topological polar surface area (TPSA) is 113 Å². The molecular weight excluding hydrogens is 879 g/mol. The summed E-state index contributed by atoms with van der Waals surface area (Å²) in [6, 6.07) is 27.5. The lowest BCUT2D eigenvalue weighted by Gasteiger charge is -2.40. The van der Waals surface area contributed by atoms with Crippen LogP contribution in [0.15, 0.2) is 84.9 Å². The van der Waals surface area contributed by atoms with Gasteiger partial charge in [-0.15, -0.1) is 0 Å². The number of carbonyl (C=O) groups is 3. The first-order valence-electron chi connectivity index (χ1n) is 23.2. The molecule has 0 aromatic heterocycles. The molecule has 4 aromatic rings. The Labute approximate surface area is 399 Å². The molecule has 0 spiro atoms. The van der Waals surface area contributed by atoms with Crippen molar-refractivity contribution in [3.05, 3.63) is 123 Å². The summed E-state index contributed by atoms with van der Waals surface area (Å²) in [5.41, 5.74) is 4.05. The van der Waals surface area contributed by atoms with Crippen molar-refractivity contribution in [1.29, 1.82) is 0 Å². The number of carbonyl (C=O) groups excluding carboxylic acids is 3. The largest absolute Gasteiger partial charge is 0.493 e. The molecule has 354 valence electrons. The maximum absolute atomic E-state index is 15.1. The maximum atomic E-state index is 15.1. The molecule has 4 aromatic carbocycles. The van der Waals surface area contributed by atoms with Gasteiger partial charge in [-0.2, -0.15) is 0 Å². The van der Waals surface area contributed by atoms with E-state index in [0.29, 0.717) is 60.7 Å². The second-order valence-corrected chi connectivity index (χ2v) is 20.0. The third-order valence-electron chi connectivity index (χ3n) is 12.4. The van der Waals surface area contributed by atoms with Crippen molar-refractivity contribution in [3.63, 3.8) is 0 Å². The Morgan fingerprint density at radius 3 is 2.17 bits per heavy atom. The van der Waals surface area contributed by atoms with E-state index >= 15 is 4.79 Å². The van der Waals surface area contributed by atoms with Crippen LogP contribution >= 0.6 is 23.2 Å². The number of aryl methyl sites for hydroxylation is 2. The van der Waals surface area contributed by atoms with Crippen molar-refractivity contribution in [2.75, 3.05) is 46.6 Å². The fourth-order valence-corrected chi connectivity index (χ4v) is 9.27. The van der Waals surface area contributed by atoms with Crippen molar-refractivity contribution >= 4 is 41.2 Å². The summed E-state index contributed by atoms with van der Waals surface area (Å²) >= 11 is 12.7. The number of likely N-dealkylation sites (tertiary alicyclic amines) is 1. The van der Waals surface area contributed by atoms with Crippen LogP contribution in [0.2, 0.25) is 10.0 Å². The highest BCUT2D eigenvalue weighted by Gasteiger charge is 2.46. The number of hydrogen-bond donors (Lipinski definition) is 0. The monoisotopic (exact) mass is 942 g/mol. The van der Waals surface area contributed by atoms with E-state index in [-0.39, 0.29) is 55.6 Å². The van der Waals surface area contributed by atoms with E-state index in [0.717, 1.165) is 72.1 Å². The molecule has 66 heavy (non-hydrogen) atoms. The molecule has 0 unspecified atom stereocenters. The Morgan fingerprint density at radius 1 is 0.803 bits per heavy atom. The number of ether oxygens (including phenoxy) is 6. The number of methoxy groups -OCH3 is 1. The zero-order chi connectivity index (χ0) is 46.8. The predicted octanol–water partition coefficient (Wildman–Crippen LogP) is 11.2. The Morgan fingerprint density at radius 2 is 1.50 bits per heavy atom. The van der Waals surface area contributed by atoms with Gasteiger partial charge in [-0.3, -0.25) is 9.59 Å². The molecule has 13 heteroatoms. The summed E-state index contributed by atoms with van der Waals surface area (Å²) < 4.78 is 35.2. The first-order chi connectivity index (χ1) is 31.7. The Bertz CT molecular complexity index is 2250. The zero-order valence-corrected chi connectivity index (χ0v) is 40.5. The van der Waals surface area contributed by atoms with Crippen LogP contribution in [0, 0.1) is 18.3 Å². The molecule has 11 nitrogen and oxygen atoms in total. The summed E-state index contributed by atoms with van der Waals surface area (Å²) in [7, 11) is 1.70. The molecule has 0 radical (unpaired) electrons. The normalized spacial score (nSPS) is 17.7. The van der Waals surface area contributed by atoms with E-state index in [4.69, 9.17) is 51.6 Å². The van der Waals surface area contributed by atoms with Gasteiger partial charge in [0.25, 0.3) is 0 Å². The molecule has 7 rings (SSSR count). The van der Waals surface area contributed by atoms with E-state index in [1.165, 1.54) is 0 Å². The van der Waals surface area contributed by atoms with Gasteiger partial charge >= 0.3 is 12.1 Å². The number of piperidine rings is 1. The Balaban J connectivity index is 1.05. The molecule has 0 N–H and O–H groups in total. The number of nitrogens with zero attached hydrogens (tertiary/aromatic N) is 2. The molecule has 3 aliphatic rings. The molecule has 1 heterocycles. The first-order valence-corrected chi connectivity index (χ1v) is 24.0. The van der Waals surface area contributed by atoms with Gasteiger partial charge in [0.1, 0.15) is 36.9 Å². The fraction of sp³-hybridized carbons (Fsp3) is 0.491. The van der Waals surface area contributed by atoms with Crippen molar-refractivity contribution in [2.24, 2.45) is 11.3 Å². The predicted molar refractivity (Wildman–Crippen MR) is 256 cm³/mol. The molecule has 2 saturated carbocycles. The highest BCUT2D eigenvalue weighted by atomic mass is 35.5. The van der Waals surface area contributed by atoms with Crippen LogP contribution in [-0.4, -0.2) is 86.0 Å². The second kappa shape index (κ2) is 22.2. The van der Waals surface area contributed by atoms with Gasteiger partial charge in [-0.25, -0.2) is 4.79 Å². The molecule has 1 saturated heterocycles. The molecule has 2 amide bonds. The van der Waals surface area contributed by atoms with E-state index in [1.54, 1.807) is 24.1 Å². The van der Waals surface area contributed by atoms with Gasteiger partial charge in [0, 0.05) is 44.8 Å². The summed E-state index contributed by atoms with van der Waals surface area (Å²) in [6.45, 7) is 10.4. The smallest absolute Gasteiger partial charge is 0.410 e. The third kappa shape index (κ3) is 14.0. The van der Waals surface area contributed by atoms with E-state index < -0.39 is 17.6 Å². The standard InChI is InChI=1S/C53H64Cl2N2O9/c1-36-26-46(54)49(47(55)27-36)63-25-24-62-42-17-13-40(14-18-42)44-19-22-56(51(60)66-52(2,3)4)33-45(44)50(59)57(41-15-16-41)32-39-28-38(12-9-23-61-5)29-43(30-39)65-35-53(20-21-53)31-48(58)64-34-37-10-7-6-8-11-37/h6-8,10-11,13-14,17-18,26-30,41,44-45H,9,12,15-16,19-25,31-35H2,1-5H3/t44-,45+/m1/s1. The number of rotatable bonds is 21. The van der Waals surface area contributed by atoms with Crippen molar-refractivity contribution in [2.45, 2.75) is 110 Å². The van der Waals surface area contributed by atoms with Crippen molar-refractivity contribution in [3.8, 4) is 17.2 Å². The molecule has 3 fully saturated rings. The number of benzene rings is 4. The second-order valence-electron chi connectivity index (χ2n) is 19.1. The van der Waals surface area contributed by atoms with Crippen LogP contribution in [0.25, 0.3) is 0 Å². The van der Waals surface area contributed by atoms with Gasteiger partial charge in [-0.05, 0) is 143 Å². The van der Waals surface area contributed by atoms with Gasteiger partial charge in [0.05, 0.1) is 29.0 Å². The van der Waals surface area contributed by atoms with Crippen molar-refractivity contribution in [1.82, 2.24) is 9.80 Å². The lowest BCUT2D eigenvalue weighted by atomic mass is 9.79. The van der Waals surface area contributed by atoms with Crippen LogP contribution in [0.5, 0.6) is 17.2 Å². The highest BCUT2D eigenvalue weighted by molar-refractivity contribution is 6.37. The number of hydrogen-bond acceptors (Lipinski definition) is 9. The SMILES string of the molecule is COCCCc1cc(CN(C(=O)[C@H]2CN(C(=O)OC(C)(C)C)CC[C@@H]2c2ccc(OCCOc3c(Cl)cc(C)cc3Cl)cc2)C2CC2)cc(OCC2(CC(=O)OCc3ccccc3)CC2)c1. The van der Waals surface area contributed by atoms with E-state index in [2.05, 4.69) is 12.1 Å². The summed E-state index contributed by atoms with van der Waals surface area (Å²) in [5, 5.41) is 0.899. The van der Waals surface area contributed by atoms with Gasteiger partial charge in [-0.1, -0.05) is 71.7 Å². The lowest BCUT2D eigenvalue weighted by molar-refractivity contribution is -0.146. The number of esters is 1. The minimum Gasteiger partial charge on any atom is -0.493 e. The minimum absolute atomic E-state index is 0.0138. The highest BCUT2D eigenvalue weighted by Crippen LogP contribution is 2.49. The molecule has 2 aliphatic carbocycles.